The van der Waals surface area contributed by atoms with E-state index in [0.29, 0.717) is 11.6 Å². The topological polar surface area (TPSA) is 61.8 Å². The second-order valence-electron chi connectivity index (χ2n) is 7.16. The summed E-state index contributed by atoms with van der Waals surface area (Å²) >= 11 is 0. The number of hydrogen-bond acceptors (Lipinski definition) is 3. The van der Waals surface area contributed by atoms with Gasteiger partial charge in [0.2, 0.25) is 0 Å². The van der Waals surface area contributed by atoms with Gasteiger partial charge in [0.05, 0.1) is 12.0 Å². The molecule has 4 rings (SSSR count). The molecule has 2 aromatic heterocycles. The van der Waals surface area contributed by atoms with Crippen LogP contribution in [0.2, 0.25) is 0 Å². The molecule has 0 fully saturated rings. The lowest BCUT2D eigenvalue weighted by Gasteiger charge is -2.15. The summed E-state index contributed by atoms with van der Waals surface area (Å²) in [6.45, 7) is 3.41. The van der Waals surface area contributed by atoms with E-state index in [-0.39, 0.29) is 23.4 Å². The molecule has 2 heterocycles. The van der Waals surface area contributed by atoms with Gasteiger partial charge < -0.3 is 4.57 Å². The van der Waals surface area contributed by atoms with Crippen LogP contribution in [0.15, 0.2) is 58.4 Å². The van der Waals surface area contributed by atoms with Gasteiger partial charge in [-0.3, -0.25) is 9.36 Å². The average molecular weight is 414 g/mol. The predicted octanol–water partition coefficient (Wildman–Crippen LogP) is 3.40. The van der Waals surface area contributed by atoms with Crippen LogP contribution in [0.5, 0.6) is 0 Å². The number of nitrogens with zero attached hydrogens (tertiary/aromatic N) is 4. The van der Waals surface area contributed by atoms with Gasteiger partial charge in [0.25, 0.3) is 5.56 Å². The van der Waals surface area contributed by atoms with Gasteiger partial charge in [0.1, 0.15) is 17.5 Å². The molecule has 0 atom stereocenters. The van der Waals surface area contributed by atoms with E-state index in [4.69, 9.17) is 0 Å². The van der Waals surface area contributed by atoms with Gasteiger partial charge in [-0.1, -0.05) is 12.1 Å². The summed E-state index contributed by atoms with van der Waals surface area (Å²) in [7, 11) is 0. The van der Waals surface area contributed by atoms with Crippen LogP contribution in [0.25, 0.3) is 16.9 Å². The predicted molar refractivity (Wildman–Crippen MR) is 105 cm³/mol. The van der Waals surface area contributed by atoms with E-state index in [2.05, 4.69) is 4.98 Å². The minimum absolute atomic E-state index is 0.0521. The molecule has 30 heavy (non-hydrogen) atoms. The van der Waals surface area contributed by atoms with Crippen molar-refractivity contribution in [3.63, 3.8) is 0 Å². The molecule has 0 N–H and O–H groups in total. The van der Waals surface area contributed by atoms with E-state index in [1.165, 1.54) is 23.0 Å². The number of hydrogen-bond donors (Lipinski definition) is 0. The molecule has 0 spiro atoms. The first kappa shape index (κ1) is 19.7. The lowest BCUT2D eigenvalue weighted by molar-refractivity contribution is 0.531. The van der Waals surface area contributed by atoms with Gasteiger partial charge in [0.15, 0.2) is 11.2 Å². The molecule has 0 aliphatic rings. The summed E-state index contributed by atoms with van der Waals surface area (Å²) in [5.41, 5.74) is -1.05. The molecule has 154 valence electrons. The Morgan fingerprint density at radius 2 is 1.73 bits per heavy atom. The quantitative estimate of drug-likeness (QED) is 0.514. The fourth-order valence-corrected chi connectivity index (χ4v) is 3.44. The van der Waals surface area contributed by atoms with E-state index in [1.807, 2.05) is 0 Å². The van der Waals surface area contributed by atoms with E-state index in [0.717, 1.165) is 21.3 Å². The molecule has 0 saturated carbocycles. The third kappa shape index (κ3) is 3.22. The molecule has 0 amide bonds. The largest absolute Gasteiger partial charge is 0.337 e. The average Bonchev–Trinajstić information content (AvgIpc) is 3.06. The van der Waals surface area contributed by atoms with Crippen LogP contribution in [0.4, 0.5) is 13.2 Å². The maximum Gasteiger partial charge on any atom is 0.337 e. The van der Waals surface area contributed by atoms with Crippen LogP contribution in [0.3, 0.4) is 0 Å². The molecular formula is C21H17F3N4O2. The number of fused-ring (bicyclic) bond motifs is 1. The highest BCUT2D eigenvalue weighted by Crippen LogP contribution is 2.19. The van der Waals surface area contributed by atoms with Crippen molar-refractivity contribution in [2.45, 2.75) is 26.4 Å². The van der Waals surface area contributed by atoms with Crippen LogP contribution < -0.4 is 11.2 Å². The maximum atomic E-state index is 14.5. The first-order valence-corrected chi connectivity index (χ1v) is 9.20. The minimum Gasteiger partial charge on any atom is -0.320 e. The van der Waals surface area contributed by atoms with Gasteiger partial charge in [-0.15, -0.1) is 0 Å². The van der Waals surface area contributed by atoms with Crippen molar-refractivity contribution in [2.75, 3.05) is 0 Å². The minimum atomic E-state index is -0.966. The normalized spacial score (nSPS) is 11.5. The second kappa shape index (κ2) is 7.33. The molecule has 9 heteroatoms. The molecule has 2 aromatic carbocycles. The molecule has 0 saturated heterocycles. The van der Waals surface area contributed by atoms with E-state index >= 15 is 0 Å². The Bertz CT molecular complexity index is 1390. The lowest BCUT2D eigenvalue weighted by Crippen LogP contribution is -2.41. The zero-order chi connectivity index (χ0) is 21.6. The smallest absolute Gasteiger partial charge is 0.320 e. The molecule has 0 aliphatic heterocycles. The third-order valence-corrected chi connectivity index (χ3v) is 4.76. The summed E-state index contributed by atoms with van der Waals surface area (Å²) in [6, 6.07) is 8.12. The van der Waals surface area contributed by atoms with Crippen LogP contribution in [0, 0.1) is 17.5 Å². The SMILES string of the molecule is CC(C)n1c(=O)c2c(ncn2Cc2cccc(F)c2)n(-c2ccc(F)cc2F)c1=O. The van der Waals surface area contributed by atoms with Gasteiger partial charge in [-0.2, -0.15) is 0 Å². The van der Waals surface area contributed by atoms with Crippen LogP contribution >= 0.6 is 0 Å². The number of imidazole rings is 1. The summed E-state index contributed by atoms with van der Waals surface area (Å²) in [4.78, 5) is 30.3. The van der Waals surface area contributed by atoms with Gasteiger partial charge in [-0.05, 0) is 43.7 Å². The van der Waals surface area contributed by atoms with Crippen molar-refractivity contribution in [1.29, 1.82) is 0 Å². The van der Waals surface area contributed by atoms with Gasteiger partial charge in [-0.25, -0.2) is 27.5 Å². The second-order valence-corrected chi connectivity index (χ2v) is 7.16. The highest BCUT2D eigenvalue weighted by Gasteiger charge is 2.22. The fourth-order valence-electron chi connectivity index (χ4n) is 3.44. The van der Waals surface area contributed by atoms with Crippen LogP contribution in [0.1, 0.15) is 25.5 Å². The Hall–Kier alpha value is -3.62. The first-order valence-electron chi connectivity index (χ1n) is 9.20. The van der Waals surface area contributed by atoms with Crippen LogP contribution in [-0.4, -0.2) is 18.7 Å². The van der Waals surface area contributed by atoms with Crippen molar-refractivity contribution in [3.05, 3.63) is 92.6 Å². The zero-order valence-corrected chi connectivity index (χ0v) is 16.1. The molecule has 4 aromatic rings. The summed E-state index contributed by atoms with van der Waals surface area (Å²) < 4.78 is 44.9. The number of benzene rings is 2. The first-order chi connectivity index (χ1) is 14.3. The Balaban J connectivity index is 2.04. The zero-order valence-electron chi connectivity index (χ0n) is 16.1. The molecule has 0 bridgehead atoms. The number of aromatic nitrogens is 4. The monoisotopic (exact) mass is 414 g/mol. The van der Waals surface area contributed by atoms with Crippen molar-refractivity contribution in [1.82, 2.24) is 18.7 Å². The molecule has 0 aliphatic carbocycles. The van der Waals surface area contributed by atoms with E-state index in [1.54, 1.807) is 26.0 Å². The third-order valence-electron chi connectivity index (χ3n) is 4.76. The van der Waals surface area contributed by atoms with E-state index < -0.39 is 34.7 Å². The molecule has 6 nitrogen and oxygen atoms in total. The highest BCUT2D eigenvalue weighted by molar-refractivity contribution is 5.72. The summed E-state index contributed by atoms with van der Waals surface area (Å²) in [5, 5.41) is 0. The molecule has 0 unspecified atom stereocenters. The standard InChI is InChI=1S/C21H17F3N4O2/c1-12(2)27-20(29)18-19(25-11-26(18)10-13-4-3-5-14(22)8-13)28(21(27)30)17-7-6-15(23)9-16(17)24/h3-9,11-12H,10H2,1-2H3. The molecular weight excluding hydrogens is 397 g/mol. The summed E-state index contributed by atoms with van der Waals surface area (Å²) in [6.07, 6.45) is 1.33. The van der Waals surface area contributed by atoms with Gasteiger partial charge in [0, 0.05) is 18.7 Å². The van der Waals surface area contributed by atoms with Crippen molar-refractivity contribution in [2.24, 2.45) is 0 Å². The van der Waals surface area contributed by atoms with Crippen molar-refractivity contribution in [3.8, 4) is 5.69 Å². The molecule has 0 radical (unpaired) electrons. The number of halogens is 3. The van der Waals surface area contributed by atoms with Gasteiger partial charge >= 0.3 is 5.69 Å². The highest BCUT2D eigenvalue weighted by atomic mass is 19.1. The van der Waals surface area contributed by atoms with E-state index in [9.17, 15) is 22.8 Å². The fraction of sp³-hybridized carbons (Fsp3) is 0.190. The van der Waals surface area contributed by atoms with Crippen molar-refractivity contribution < 1.29 is 13.2 Å². The summed E-state index contributed by atoms with van der Waals surface area (Å²) in [5.74, 6) is -2.19. The Kier molecular flexibility index (Phi) is 4.81. The lowest BCUT2D eigenvalue weighted by atomic mass is 10.2. The van der Waals surface area contributed by atoms with Crippen molar-refractivity contribution >= 4 is 11.2 Å². The Labute approximate surface area is 168 Å². The number of rotatable bonds is 4. The maximum absolute atomic E-state index is 14.5. The Morgan fingerprint density at radius 1 is 1.00 bits per heavy atom. The Morgan fingerprint density at radius 3 is 2.40 bits per heavy atom. The van der Waals surface area contributed by atoms with Crippen LogP contribution in [-0.2, 0) is 6.54 Å².